The first-order chi connectivity index (χ1) is 41.3. The SMILES string of the molecule is COCOc1c(C=O)cc2c3c(ccc(-c4ccc(OC)cc4)c13)CC2.COc1ccc(-c2ccc3c4c(cc(C=O)c(O)c24)CC3)cc1.S=S=S=S=S=S=S=S=S=S=S=S=S=S=S=S=S.S=S=S=S=S=S=S=S=S=S=S=S=S=S=S=S=S=S. The van der Waals surface area contributed by atoms with Crippen LogP contribution in [0.3, 0.4) is 0 Å². The molecule has 0 spiro atoms. The molecule has 0 radical (unpaired) electrons. The van der Waals surface area contributed by atoms with Crippen molar-refractivity contribution in [3.05, 3.63) is 118 Å². The standard InChI is InChI=1S/C22H20O4.C20H16O3.S18.S17/c1-24-13-26-22-17(12-23)11-16-4-3-15-7-10-19(21(22)20(15)16)14-5-8-18(25-2)9-6-14;1-23-16-7-4-12(5-8-16)17-9-6-13-2-3-14-10-15(11-21)20(22)19(17)18(13)14;1-3-5-7-9-11-13-15-17-18-16-14-12-10-8-6-4-2;1-3-5-7-9-11-13-15-17-16-14-12-10-8-6-4-2/h5-12H,3-4,13H2,1-2H3;4-11,22H,2-3H2,1H3;;. The average molecular weight is 1780 g/mol. The van der Waals surface area contributed by atoms with Crippen LogP contribution < -0.4 is 14.2 Å². The Morgan fingerprint density at radius 3 is 1.02 bits per heavy atom. The van der Waals surface area contributed by atoms with E-state index >= 15 is 0 Å². The van der Waals surface area contributed by atoms with Gasteiger partial charge in [0.1, 0.15) is 23.0 Å². The molecule has 0 amide bonds. The van der Waals surface area contributed by atoms with Gasteiger partial charge in [-0.15, -0.1) is 0 Å². The van der Waals surface area contributed by atoms with Gasteiger partial charge in [0.2, 0.25) is 0 Å². The highest BCUT2D eigenvalue weighted by Gasteiger charge is 2.24. The number of ether oxygens (including phenoxy) is 4. The van der Waals surface area contributed by atoms with E-state index < -0.39 is 0 Å². The number of carbonyl (C=O) groups is 2. The average Bonchev–Trinajstić information content (AvgIpc) is 3.15. The molecule has 1 N–H and O–H groups in total. The third kappa shape index (κ3) is 26.8. The first-order valence-electron chi connectivity index (χ1n) is 21.7. The van der Waals surface area contributed by atoms with E-state index in [1.54, 1.807) is 261 Å². The van der Waals surface area contributed by atoms with Gasteiger partial charge in [-0.25, -0.2) is 0 Å². The molecule has 456 valence electrons. The first-order valence-corrected chi connectivity index (χ1v) is 65.7. The van der Waals surface area contributed by atoms with Crippen LogP contribution in [-0.4, -0.2) is 45.8 Å². The summed E-state index contributed by atoms with van der Waals surface area (Å²) in [6.45, 7) is 0.0988. The Morgan fingerprint density at radius 1 is 0.393 bits per heavy atom. The Morgan fingerprint density at radius 2 is 0.702 bits per heavy atom. The summed E-state index contributed by atoms with van der Waals surface area (Å²) < 4.78 is 21.4. The van der Waals surface area contributed by atoms with Crippen LogP contribution in [-0.2, 0) is 350 Å². The number of aldehydes is 2. The van der Waals surface area contributed by atoms with Gasteiger partial charge in [-0.1, -0.05) is 48.5 Å². The topological polar surface area (TPSA) is 91.3 Å². The van der Waals surface area contributed by atoms with Crippen molar-refractivity contribution in [2.24, 2.45) is 0 Å². The van der Waals surface area contributed by atoms with E-state index in [2.05, 4.69) is 18.2 Å². The maximum absolute atomic E-state index is 11.7. The third-order valence-corrected chi connectivity index (χ3v) is 74.8. The molecule has 0 saturated heterocycles. The van der Waals surface area contributed by atoms with E-state index in [4.69, 9.17) is 63.7 Å². The summed E-state index contributed by atoms with van der Waals surface area (Å²) in [4.78, 5) is 23.0. The van der Waals surface area contributed by atoms with Crippen molar-refractivity contribution in [2.75, 3.05) is 28.1 Å². The molecule has 7 nitrogen and oxygen atoms in total. The number of aromatic hydroxyl groups is 1. The highest BCUT2D eigenvalue weighted by atomic mass is 33.5. The van der Waals surface area contributed by atoms with Gasteiger partial charge in [0.05, 0.1) is 25.3 Å². The Balaban J connectivity index is 0.000000209. The maximum atomic E-state index is 11.7. The lowest BCUT2D eigenvalue weighted by Crippen LogP contribution is -2.03. The summed E-state index contributed by atoms with van der Waals surface area (Å²) >= 11 is 19.0. The summed E-state index contributed by atoms with van der Waals surface area (Å²) in [5, 5.41) is 14.7. The number of carbonyl (C=O) groups excluding carboxylic acids is 2. The fraction of sp³-hybridized carbons (Fsp3) is 0.190. The number of phenolic OH excluding ortho intramolecular Hbond substituents is 1. The Kier molecular flexibility index (Phi) is 43.7. The summed E-state index contributed by atoms with van der Waals surface area (Å²) in [5.74, 6) is 2.27. The molecular weight excluding hydrogens is 1740 g/mol. The zero-order chi connectivity index (χ0) is 60.0. The number of phenols is 1. The molecule has 6 aromatic rings. The smallest absolute Gasteiger partial charge is 0.188 e. The van der Waals surface area contributed by atoms with Crippen LogP contribution in [0.15, 0.2) is 84.9 Å². The number of hydrogen-bond donors (Lipinski definition) is 1. The predicted octanol–water partition coefficient (Wildman–Crippen LogP) is 8.46. The van der Waals surface area contributed by atoms with Crippen LogP contribution in [0.25, 0.3) is 43.8 Å². The number of methoxy groups -OCH3 is 3. The maximum Gasteiger partial charge on any atom is 0.188 e. The van der Waals surface area contributed by atoms with Crippen molar-refractivity contribution in [3.8, 4) is 45.3 Å². The van der Waals surface area contributed by atoms with Gasteiger partial charge in [-0.2, -0.15) is 0 Å². The van der Waals surface area contributed by atoms with Gasteiger partial charge < -0.3 is 24.1 Å². The summed E-state index contributed by atoms with van der Waals surface area (Å²) in [6, 6.07) is 27.9. The molecule has 2 aliphatic rings. The van der Waals surface area contributed by atoms with Gasteiger partial charge in [0, 0.05) is 338 Å². The molecule has 6 aromatic carbocycles. The molecule has 0 atom stereocenters. The number of rotatable bonds is 9. The summed E-state index contributed by atoms with van der Waals surface area (Å²) in [6.07, 6.45) is 5.40. The van der Waals surface area contributed by atoms with Gasteiger partial charge in [0.25, 0.3) is 0 Å². The summed E-state index contributed by atoms with van der Waals surface area (Å²) in [7, 11) is 57.4. The molecule has 0 aromatic heterocycles. The van der Waals surface area contributed by atoms with Crippen LogP contribution in [0.1, 0.15) is 43.0 Å². The molecule has 0 unspecified atom stereocenters. The molecule has 84 heavy (non-hydrogen) atoms. The Bertz CT molecular complexity index is 4820. The van der Waals surface area contributed by atoms with Crippen LogP contribution in [0.4, 0.5) is 0 Å². The van der Waals surface area contributed by atoms with Crippen LogP contribution >= 0.6 is 0 Å². The molecule has 0 saturated carbocycles. The predicted molar refractivity (Wildman–Crippen MR) is 449 cm³/mol. The minimum Gasteiger partial charge on any atom is -0.507 e. The zero-order valence-electron chi connectivity index (χ0n) is 42.0. The van der Waals surface area contributed by atoms with Crippen LogP contribution in [0.2, 0.25) is 0 Å². The zero-order valence-corrected chi connectivity index (χ0v) is 70.5. The summed E-state index contributed by atoms with van der Waals surface area (Å²) in [5.41, 5.74) is 9.85. The molecule has 0 fully saturated rings. The number of aryl methyl sites for hydroxylation is 4. The minimum atomic E-state index is 0.0771. The Labute approximate surface area is 594 Å². The monoisotopic (exact) mass is 1770 g/mol. The van der Waals surface area contributed by atoms with E-state index in [0.29, 0.717) is 16.9 Å². The molecule has 8 rings (SSSR count). The molecule has 42 heteroatoms. The lowest BCUT2D eigenvalue weighted by Gasteiger charge is -2.16. The molecular formula is C42H36O7S35. The van der Waals surface area contributed by atoms with Crippen LogP contribution in [0.5, 0.6) is 23.0 Å². The van der Waals surface area contributed by atoms with Gasteiger partial charge in [0.15, 0.2) is 19.4 Å². The number of benzene rings is 6. The van der Waals surface area contributed by atoms with Crippen molar-refractivity contribution in [1.29, 1.82) is 0 Å². The van der Waals surface area contributed by atoms with E-state index in [1.807, 2.05) is 66.7 Å². The second-order valence-corrected chi connectivity index (χ2v) is 69.2. The van der Waals surface area contributed by atoms with Crippen molar-refractivity contribution >= 4 is 354 Å². The van der Waals surface area contributed by atoms with Crippen LogP contribution in [0, 0.1) is 0 Å². The van der Waals surface area contributed by atoms with Gasteiger partial charge in [-0.3, -0.25) is 9.59 Å². The van der Waals surface area contributed by atoms with E-state index in [-0.39, 0.29) is 12.5 Å². The lowest BCUT2D eigenvalue weighted by atomic mass is 9.92. The second-order valence-electron chi connectivity index (χ2n) is 14.3. The fourth-order valence-corrected chi connectivity index (χ4v) is 81.7. The lowest BCUT2D eigenvalue weighted by molar-refractivity contribution is 0.0516. The van der Waals surface area contributed by atoms with Crippen molar-refractivity contribution in [3.63, 3.8) is 0 Å². The molecule has 2 aliphatic carbocycles. The largest absolute Gasteiger partial charge is 0.507 e. The Hall–Kier alpha value is 2.04. The van der Waals surface area contributed by atoms with E-state index in [0.717, 1.165) is 93.7 Å². The van der Waals surface area contributed by atoms with Crippen molar-refractivity contribution in [1.82, 2.24) is 0 Å². The molecule has 0 aliphatic heterocycles. The third-order valence-electron chi connectivity index (χ3n) is 10.4. The molecule has 0 heterocycles. The number of hydrogen-bond acceptors (Lipinski definition) is 11. The highest BCUT2D eigenvalue weighted by Crippen LogP contribution is 2.45. The van der Waals surface area contributed by atoms with Gasteiger partial charge >= 0.3 is 0 Å². The second kappa shape index (κ2) is 47.8. The highest BCUT2D eigenvalue weighted by molar-refractivity contribution is 8.79. The normalized spacial score (nSPS) is 10.3. The fourth-order valence-electron chi connectivity index (χ4n) is 7.58. The first kappa shape index (κ1) is 76.7. The van der Waals surface area contributed by atoms with Gasteiger partial charge in [-0.05, 0) is 117 Å². The van der Waals surface area contributed by atoms with Crippen molar-refractivity contribution in [2.45, 2.75) is 25.7 Å². The minimum absolute atomic E-state index is 0.0771. The van der Waals surface area contributed by atoms with E-state index in [9.17, 15) is 14.7 Å². The molecule has 0 bridgehead atoms. The van der Waals surface area contributed by atoms with Crippen molar-refractivity contribution < 1.29 is 33.6 Å². The quantitative estimate of drug-likeness (QED) is 0.112. The van der Waals surface area contributed by atoms with E-state index in [1.165, 1.54) is 57.6 Å².